The van der Waals surface area contributed by atoms with Crippen LogP contribution in [0.5, 0.6) is 0 Å². The van der Waals surface area contributed by atoms with Gasteiger partial charge in [-0.25, -0.2) is 4.79 Å². The predicted octanol–water partition coefficient (Wildman–Crippen LogP) is 2.30. The number of hydrogen-bond acceptors (Lipinski definition) is 6. The van der Waals surface area contributed by atoms with E-state index in [9.17, 15) is 19.7 Å². The summed E-state index contributed by atoms with van der Waals surface area (Å²) >= 11 is 0. The normalized spacial score (nSPS) is 20.0. The Morgan fingerprint density at radius 2 is 1.96 bits per heavy atom. The lowest BCUT2D eigenvalue weighted by Crippen LogP contribution is -2.44. The van der Waals surface area contributed by atoms with E-state index < -0.39 is 10.9 Å². The lowest BCUT2D eigenvalue weighted by Gasteiger charge is -2.34. The van der Waals surface area contributed by atoms with Crippen LogP contribution in [0.15, 0.2) is 18.2 Å². The zero-order chi connectivity index (χ0) is 18.6. The molecule has 8 nitrogen and oxygen atoms in total. The highest BCUT2D eigenvalue weighted by Crippen LogP contribution is 2.25. The molecule has 0 radical (unpaired) electrons. The first-order chi connectivity index (χ1) is 11.8. The van der Waals surface area contributed by atoms with Crippen molar-refractivity contribution in [2.45, 2.75) is 20.3 Å². The van der Waals surface area contributed by atoms with E-state index in [0.717, 1.165) is 12.5 Å². The average Bonchev–Trinajstić information content (AvgIpc) is 2.57. The zero-order valence-corrected chi connectivity index (χ0v) is 14.7. The second kappa shape index (κ2) is 7.96. The molecule has 0 saturated carbocycles. The molecule has 0 unspecified atom stereocenters. The summed E-state index contributed by atoms with van der Waals surface area (Å²) in [5, 5.41) is 13.7. The van der Waals surface area contributed by atoms with Crippen LogP contribution < -0.4 is 5.32 Å². The Morgan fingerprint density at radius 1 is 1.32 bits per heavy atom. The van der Waals surface area contributed by atoms with Crippen LogP contribution in [0.3, 0.4) is 0 Å². The largest absolute Gasteiger partial charge is 0.452 e. The van der Waals surface area contributed by atoms with Crippen LogP contribution in [0.1, 0.15) is 30.6 Å². The summed E-state index contributed by atoms with van der Waals surface area (Å²) in [5.74, 6) is -0.161. The van der Waals surface area contributed by atoms with Gasteiger partial charge in [-0.2, -0.15) is 0 Å². The third-order valence-corrected chi connectivity index (χ3v) is 4.25. The van der Waals surface area contributed by atoms with Crippen molar-refractivity contribution in [2.75, 3.05) is 32.1 Å². The van der Waals surface area contributed by atoms with Crippen molar-refractivity contribution >= 4 is 23.3 Å². The number of hydrogen-bond donors (Lipinski definition) is 1. The van der Waals surface area contributed by atoms with E-state index in [1.165, 1.54) is 12.1 Å². The molecule has 0 aromatic heterocycles. The van der Waals surface area contributed by atoms with Gasteiger partial charge in [0.2, 0.25) is 0 Å². The van der Waals surface area contributed by atoms with Crippen LogP contribution in [-0.4, -0.2) is 48.4 Å². The number of anilines is 1. The molecule has 1 aromatic carbocycles. The molecular weight excluding hydrogens is 326 g/mol. The second-order valence-electron chi connectivity index (χ2n) is 6.56. The Labute approximate surface area is 146 Å². The molecular formula is C17H23N3O5. The molecule has 0 spiro atoms. The SMILES string of the molecule is CNc1ccc(C(=O)OCC(=O)N2C[C@H](C)C[C@@H](C)C2)cc1[N+](=O)[O-]. The summed E-state index contributed by atoms with van der Waals surface area (Å²) < 4.78 is 5.05. The Balaban J connectivity index is 1.99. The predicted molar refractivity (Wildman–Crippen MR) is 92.5 cm³/mol. The van der Waals surface area contributed by atoms with Crippen molar-refractivity contribution in [1.29, 1.82) is 0 Å². The first-order valence-corrected chi connectivity index (χ1v) is 8.23. The van der Waals surface area contributed by atoms with Crippen LogP contribution in [0.4, 0.5) is 11.4 Å². The molecule has 2 rings (SSSR count). The summed E-state index contributed by atoms with van der Waals surface area (Å²) in [6, 6.07) is 4.00. The van der Waals surface area contributed by atoms with Gasteiger partial charge in [0.15, 0.2) is 6.61 Å². The molecule has 1 aliphatic heterocycles. The summed E-state index contributed by atoms with van der Waals surface area (Å²) in [7, 11) is 1.56. The molecule has 25 heavy (non-hydrogen) atoms. The number of nitro groups is 1. The number of nitro benzene ring substituents is 1. The van der Waals surface area contributed by atoms with Crippen molar-refractivity contribution in [1.82, 2.24) is 4.90 Å². The molecule has 1 heterocycles. The number of ether oxygens (including phenoxy) is 1. The molecule has 1 amide bonds. The molecule has 1 aliphatic rings. The van der Waals surface area contributed by atoms with Crippen molar-refractivity contribution < 1.29 is 19.2 Å². The number of likely N-dealkylation sites (tertiary alicyclic amines) is 1. The Hall–Kier alpha value is -2.64. The third kappa shape index (κ3) is 4.68. The Kier molecular flexibility index (Phi) is 5.95. The van der Waals surface area contributed by atoms with Gasteiger partial charge < -0.3 is 15.0 Å². The van der Waals surface area contributed by atoms with Gasteiger partial charge in [0, 0.05) is 26.2 Å². The van der Waals surface area contributed by atoms with Crippen LogP contribution in [-0.2, 0) is 9.53 Å². The van der Waals surface area contributed by atoms with Crippen LogP contribution in [0.2, 0.25) is 0 Å². The van der Waals surface area contributed by atoms with E-state index in [0.29, 0.717) is 30.6 Å². The summed E-state index contributed by atoms with van der Waals surface area (Å²) in [5.41, 5.74) is 0.120. The van der Waals surface area contributed by atoms with Crippen LogP contribution in [0.25, 0.3) is 0 Å². The van der Waals surface area contributed by atoms with E-state index in [1.807, 2.05) is 0 Å². The summed E-state index contributed by atoms with van der Waals surface area (Å²) in [6.45, 7) is 5.13. The fraction of sp³-hybridized carbons (Fsp3) is 0.529. The molecule has 1 fully saturated rings. The lowest BCUT2D eigenvalue weighted by atomic mass is 9.92. The molecule has 0 aliphatic carbocycles. The van der Waals surface area contributed by atoms with Crippen molar-refractivity contribution in [3.8, 4) is 0 Å². The average molecular weight is 349 g/mol. The number of nitrogens with one attached hydrogen (secondary N) is 1. The quantitative estimate of drug-likeness (QED) is 0.497. The zero-order valence-electron chi connectivity index (χ0n) is 14.7. The third-order valence-electron chi connectivity index (χ3n) is 4.25. The minimum Gasteiger partial charge on any atom is -0.452 e. The molecule has 8 heteroatoms. The number of benzene rings is 1. The summed E-state index contributed by atoms with van der Waals surface area (Å²) in [4.78, 5) is 36.5. The van der Waals surface area contributed by atoms with Crippen molar-refractivity contribution in [3.05, 3.63) is 33.9 Å². The maximum absolute atomic E-state index is 12.2. The van der Waals surface area contributed by atoms with Gasteiger partial charge in [-0.1, -0.05) is 13.8 Å². The number of carbonyl (C=O) groups excluding carboxylic acids is 2. The molecule has 0 bridgehead atoms. The number of rotatable bonds is 5. The highest BCUT2D eigenvalue weighted by Gasteiger charge is 2.26. The molecule has 1 aromatic rings. The van der Waals surface area contributed by atoms with E-state index in [1.54, 1.807) is 11.9 Å². The summed E-state index contributed by atoms with van der Waals surface area (Å²) in [6.07, 6.45) is 1.07. The monoisotopic (exact) mass is 349 g/mol. The van der Waals surface area contributed by atoms with E-state index in [-0.39, 0.29) is 23.8 Å². The second-order valence-corrected chi connectivity index (χ2v) is 6.56. The Morgan fingerprint density at radius 3 is 2.52 bits per heavy atom. The van der Waals surface area contributed by atoms with Crippen LogP contribution >= 0.6 is 0 Å². The van der Waals surface area contributed by atoms with E-state index >= 15 is 0 Å². The smallest absolute Gasteiger partial charge is 0.338 e. The minimum absolute atomic E-state index is 0.0406. The standard InChI is InChI=1S/C17H23N3O5/c1-11-6-12(2)9-19(8-11)16(21)10-25-17(22)13-4-5-14(18-3)15(7-13)20(23)24/h4-5,7,11-12,18H,6,8-10H2,1-3H3/t11-,12-/m1/s1. The topological polar surface area (TPSA) is 102 Å². The number of carbonyl (C=O) groups is 2. The van der Waals surface area contributed by atoms with Crippen molar-refractivity contribution in [3.63, 3.8) is 0 Å². The highest BCUT2D eigenvalue weighted by molar-refractivity contribution is 5.93. The maximum Gasteiger partial charge on any atom is 0.338 e. The van der Waals surface area contributed by atoms with Gasteiger partial charge in [-0.3, -0.25) is 14.9 Å². The fourth-order valence-electron chi connectivity index (χ4n) is 3.19. The van der Waals surface area contributed by atoms with Gasteiger partial charge in [0.25, 0.3) is 11.6 Å². The van der Waals surface area contributed by atoms with E-state index in [4.69, 9.17) is 4.74 Å². The van der Waals surface area contributed by atoms with Gasteiger partial charge in [0.1, 0.15) is 5.69 Å². The van der Waals surface area contributed by atoms with Gasteiger partial charge in [-0.05, 0) is 30.4 Å². The van der Waals surface area contributed by atoms with Crippen molar-refractivity contribution in [2.24, 2.45) is 11.8 Å². The van der Waals surface area contributed by atoms with Gasteiger partial charge >= 0.3 is 5.97 Å². The number of nitrogens with zero attached hydrogens (tertiary/aromatic N) is 2. The van der Waals surface area contributed by atoms with E-state index in [2.05, 4.69) is 19.2 Å². The molecule has 136 valence electrons. The molecule has 1 N–H and O–H groups in total. The maximum atomic E-state index is 12.2. The fourth-order valence-corrected chi connectivity index (χ4v) is 3.19. The lowest BCUT2D eigenvalue weighted by molar-refractivity contribution is -0.384. The minimum atomic E-state index is -0.753. The van der Waals surface area contributed by atoms with Crippen LogP contribution in [0, 0.1) is 22.0 Å². The molecule has 1 saturated heterocycles. The molecule has 2 atom stereocenters. The van der Waals surface area contributed by atoms with Gasteiger partial charge in [0.05, 0.1) is 10.5 Å². The number of piperidine rings is 1. The first-order valence-electron chi connectivity index (χ1n) is 8.23. The first kappa shape index (κ1) is 18.7. The number of amides is 1. The Bertz CT molecular complexity index is 666. The number of esters is 1. The van der Waals surface area contributed by atoms with Gasteiger partial charge in [-0.15, -0.1) is 0 Å². The highest BCUT2D eigenvalue weighted by atomic mass is 16.6.